The minimum Gasteiger partial charge on any atom is -0.478 e. The lowest BCUT2D eigenvalue weighted by molar-refractivity contribution is -0.0508. The van der Waals surface area contributed by atoms with Crippen molar-refractivity contribution < 1.29 is 24.8 Å². The van der Waals surface area contributed by atoms with Gasteiger partial charge in [-0.15, -0.1) is 0 Å². The third-order valence-electron chi connectivity index (χ3n) is 3.94. The summed E-state index contributed by atoms with van der Waals surface area (Å²) in [5.74, 6) is -0.216. The van der Waals surface area contributed by atoms with Gasteiger partial charge in [0.1, 0.15) is 24.0 Å². The summed E-state index contributed by atoms with van der Waals surface area (Å²) in [7, 11) is 0. The fraction of sp³-hybridized carbons (Fsp3) is 0.500. The van der Waals surface area contributed by atoms with E-state index in [4.69, 9.17) is 14.9 Å². The van der Waals surface area contributed by atoms with Crippen molar-refractivity contribution in [2.75, 3.05) is 13.2 Å². The van der Waals surface area contributed by atoms with Crippen molar-refractivity contribution in [2.24, 2.45) is 0 Å². The molecule has 0 aromatic carbocycles. The molecule has 10 heteroatoms. The first-order chi connectivity index (χ1) is 11.5. The fourth-order valence-corrected chi connectivity index (χ4v) is 2.79. The number of aromatic amines is 1. The normalized spacial score (nSPS) is 26.8. The van der Waals surface area contributed by atoms with Crippen LogP contribution in [0.15, 0.2) is 17.3 Å². The second-order valence-corrected chi connectivity index (χ2v) is 5.37. The van der Waals surface area contributed by atoms with E-state index in [0.717, 1.165) is 0 Å². The van der Waals surface area contributed by atoms with Crippen LogP contribution in [0.1, 0.15) is 18.7 Å². The standard InChI is InChI=1S/C14H18N4O6/c1-2-23-11(15)6-3-18(12-8(6)13(22)17-5-16-12)14-10(21)9(20)7(4-19)24-14/h3,5,7,9-10,14-15,19-21H,2,4H2,1H3,(H,16,17,22)/t7-,9+,10+,14+/m0/s1. The van der Waals surface area contributed by atoms with Gasteiger partial charge in [-0.2, -0.15) is 0 Å². The van der Waals surface area contributed by atoms with Crippen LogP contribution in [-0.4, -0.2) is 67.3 Å². The monoisotopic (exact) mass is 338 g/mol. The largest absolute Gasteiger partial charge is 0.478 e. The molecule has 1 fully saturated rings. The van der Waals surface area contributed by atoms with E-state index in [1.807, 2.05) is 0 Å². The molecule has 10 nitrogen and oxygen atoms in total. The first kappa shape index (κ1) is 16.6. The number of hydrogen-bond donors (Lipinski definition) is 5. The molecule has 1 saturated heterocycles. The fourth-order valence-electron chi connectivity index (χ4n) is 2.79. The summed E-state index contributed by atoms with van der Waals surface area (Å²) in [6, 6.07) is 0. The number of hydrogen-bond acceptors (Lipinski definition) is 8. The van der Waals surface area contributed by atoms with E-state index in [9.17, 15) is 20.1 Å². The van der Waals surface area contributed by atoms with E-state index in [2.05, 4.69) is 9.97 Å². The second-order valence-electron chi connectivity index (χ2n) is 5.37. The van der Waals surface area contributed by atoms with Crippen molar-refractivity contribution in [2.45, 2.75) is 31.5 Å². The zero-order chi connectivity index (χ0) is 17.4. The Balaban J connectivity index is 2.14. The molecular formula is C14H18N4O6. The highest BCUT2D eigenvalue weighted by molar-refractivity contribution is 6.04. The average Bonchev–Trinajstić information content (AvgIpc) is 3.08. The molecule has 0 unspecified atom stereocenters. The molecule has 1 aliphatic heterocycles. The van der Waals surface area contributed by atoms with Gasteiger partial charge in [0, 0.05) is 6.20 Å². The minimum atomic E-state index is -1.33. The summed E-state index contributed by atoms with van der Waals surface area (Å²) in [4.78, 5) is 18.7. The molecule has 130 valence electrons. The summed E-state index contributed by atoms with van der Waals surface area (Å²) in [5, 5.41) is 37.4. The number of nitrogens with one attached hydrogen (secondary N) is 2. The number of aliphatic hydroxyl groups is 3. The van der Waals surface area contributed by atoms with E-state index in [1.165, 1.54) is 17.1 Å². The Labute approximate surface area is 135 Å². The van der Waals surface area contributed by atoms with Gasteiger partial charge in [-0.05, 0) is 6.92 Å². The van der Waals surface area contributed by atoms with E-state index >= 15 is 0 Å². The van der Waals surface area contributed by atoms with Crippen molar-refractivity contribution in [3.8, 4) is 0 Å². The molecule has 0 saturated carbocycles. The maximum Gasteiger partial charge on any atom is 0.261 e. The van der Waals surface area contributed by atoms with Gasteiger partial charge in [0.2, 0.25) is 5.90 Å². The van der Waals surface area contributed by atoms with Crippen LogP contribution in [0.2, 0.25) is 0 Å². The Bertz CT molecular complexity index is 815. The second kappa shape index (κ2) is 6.32. The van der Waals surface area contributed by atoms with E-state index in [1.54, 1.807) is 6.92 Å². The minimum absolute atomic E-state index is 0.119. The molecule has 0 bridgehead atoms. The lowest BCUT2D eigenvalue weighted by Gasteiger charge is -2.17. The maximum absolute atomic E-state index is 12.1. The topological polar surface area (TPSA) is 154 Å². The predicted molar refractivity (Wildman–Crippen MR) is 81.8 cm³/mol. The van der Waals surface area contributed by atoms with Crippen LogP contribution in [0.25, 0.3) is 11.0 Å². The Morgan fingerprint density at radius 3 is 2.88 bits per heavy atom. The van der Waals surface area contributed by atoms with Gasteiger partial charge in [0.25, 0.3) is 5.56 Å². The Morgan fingerprint density at radius 2 is 2.25 bits per heavy atom. The van der Waals surface area contributed by atoms with Crippen molar-refractivity contribution in [1.82, 2.24) is 14.5 Å². The molecule has 5 N–H and O–H groups in total. The number of fused-ring (bicyclic) bond motifs is 1. The van der Waals surface area contributed by atoms with Crippen molar-refractivity contribution in [3.63, 3.8) is 0 Å². The maximum atomic E-state index is 12.1. The predicted octanol–water partition coefficient (Wildman–Crippen LogP) is -1.30. The van der Waals surface area contributed by atoms with Crippen molar-refractivity contribution in [1.29, 1.82) is 5.41 Å². The molecule has 0 amide bonds. The van der Waals surface area contributed by atoms with E-state index in [-0.39, 0.29) is 29.1 Å². The van der Waals surface area contributed by atoms with Gasteiger partial charge in [-0.1, -0.05) is 0 Å². The lowest BCUT2D eigenvalue weighted by atomic mass is 10.1. The molecule has 3 rings (SSSR count). The van der Waals surface area contributed by atoms with Crippen LogP contribution in [0.5, 0.6) is 0 Å². The Kier molecular flexibility index (Phi) is 4.37. The zero-order valence-corrected chi connectivity index (χ0v) is 12.8. The summed E-state index contributed by atoms with van der Waals surface area (Å²) >= 11 is 0. The lowest BCUT2D eigenvalue weighted by Crippen LogP contribution is -2.33. The molecule has 0 radical (unpaired) electrons. The van der Waals surface area contributed by atoms with Gasteiger partial charge in [0.05, 0.1) is 30.5 Å². The van der Waals surface area contributed by atoms with Gasteiger partial charge in [-0.25, -0.2) is 4.98 Å². The Hall–Kier alpha value is -2.27. The molecule has 2 aromatic heterocycles. The molecule has 0 spiro atoms. The van der Waals surface area contributed by atoms with Crippen LogP contribution >= 0.6 is 0 Å². The van der Waals surface area contributed by atoms with Crippen LogP contribution in [-0.2, 0) is 9.47 Å². The van der Waals surface area contributed by atoms with Crippen LogP contribution in [0.4, 0.5) is 0 Å². The molecule has 2 aromatic rings. The Morgan fingerprint density at radius 1 is 1.50 bits per heavy atom. The van der Waals surface area contributed by atoms with Crippen LogP contribution < -0.4 is 5.56 Å². The number of rotatable bonds is 4. The number of aliphatic hydroxyl groups excluding tert-OH is 3. The highest BCUT2D eigenvalue weighted by Crippen LogP contribution is 2.32. The van der Waals surface area contributed by atoms with Gasteiger partial charge < -0.3 is 34.3 Å². The summed E-state index contributed by atoms with van der Waals surface area (Å²) in [5.41, 5.74) is -0.100. The summed E-state index contributed by atoms with van der Waals surface area (Å²) < 4.78 is 12.0. The van der Waals surface area contributed by atoms with Gasteiger partial charge >= 0.3 is 0 Å². The highest BCUT2D eigenvalue weighted by Gasteiger charge is 2.44. The molecule has 1 aliphatic rings. The molecule has 3 heterocycles. The molecular weight excluding hydrogens is 320 g/mol. The first-order valence-corrected chi connectivity index (χ1v) is 7.42. The summed E-state index contributed by atoms with van der Waals surface area (Å²) in [6.07, 6.45) is -2.03. The first-order valence-electron chi connectivity index (χ1n) is 7.42. The van der Waals surface area contributed by atoms with Crippen LogP contribution in [0.3, 0.4) is 0 Å². The molecule has 4 atom stereocenters. The SMILES string of the molecule is CCOC(=N)c1cn([C@@H]2O[C@@H](CO)[C@@H](O)[C@H]2O)c2nc[nH]c(=O)c12. The quantitative estimate of drug-likeness (QED) is 0.343. The molecule has 0 aliphatic carbocycles. The smallest absolute Gasteiger partial charge is 0.261 e. The number of nitrogens with zero attached hydrogens (tertiary/aromatic N) is 2. The number of ether oxygens (including phenoxy) is 2. The third-order valence-corrected chi connectivity index (χ3v) is 3.94. The third kappa shape index (κ3) is 2.49. The molecule has 24 heavy (non-hydrogen) atoms. The van der Waals surface area contributed by atoms with Crippen LogP contribution in [0, 0.1) is 5.41 Å². The van der Waals surface area contributed by atoms with Crippen molar-refractivity contribution >= 4 is 16.9 Å². The zero-order valence-electron chi connectivity index (χ0n) is 12.8. The van der Waals surface area contributed by atoms with E-state index in [0.29, 0.717) is 0 Å². The number of aromatic nitrogens is 3. The van der Waals surface area contributed by atoms with Gasteiger partial charge in [0.15, 0.2) is 6.23 Å². The van der Waals surface area contributed by atoms with E-state index < -0.39 is 36.7 Å². The van der Waals surface area contributed by atoms with Crippen molar-refractivity contribution in [3.05, 3.63) is 28.4 Å². The number of H-pyrrole nitrogens is 1. The van der Waals surface area contributed by atoms with Gasteiger partial charge in [-0.3, -0.25) is 10.2 Å². The highest BCUT2D eigenvalue weighted by atomic mass is 16.6. The summed E-state index contributed by atoms with van der Waals surface area (Å²) in [6.45, 7) is 1.49. The average molecular weight is 338 g/mol.